The summed E-state index contributed by atoms with van der Waals surface area (Å²) in [5, 5.41) is 14.2. The summed E-state index contributed by atoms with van der Waals surface area (Å²) < 4.78 is 56.2. The van der Waals surface area contributed by atoms with Crippen molar-refractivity contribution in [2.45, 2.75) is 71.6 Å². The molecule has 3 unspecified atom stereocenters. The van der Waals surface area contributed by atoms with E-state index in [9.17, 15) is 18.0 Å². The van der Waals surface area contributed by atoms with Gasteiger partial charge in [0.05, 0.1) is 12.4 Å². The van der Waals surface area contributed by atoms with Crippen molar-refractivity contribution in [3.63, 3.8) is 0 Å². The molecule has 13 heteroatoms. The van der Waals surface area contributed by atoms with Crippen molar-refractivity contribution < 1.29 is 27.1 Å². The van der Waals surface area contributed by atoms with Crippen molar-refractivity contribution in [2.24, 2.45) is 9.98 Å². The number of ether oxygens (including phenoxy) is 1. The lowest BCUT2D eigenvalue weighted by Gasteiger charge is -2.37. The summed E-state index contributed by atoms with van der Waals surface area (Å²) >= 11 is 1.52. The minimum absolute atomic E-state index is 0.117. The monoisotopic (exact) mass is 670 g/mol. The SMILES string of the molecule is CCCc1ccc(C)cc1N1/C(=N/C(=O)NC(C)C(F)c2ccc(C(=N)/N=C\Nc3ccc(OC(F)(F)F)cc3)cc2)SCCC1C. The number of hydrogen-bond acceptors (Lipinski definition) is 4. The summed E-state index contributed by atoms with van der Waals surface area (Å²) in [6.45, 7) is 7.87. The van der Waals surface area contributed by atoms with E-state index in [1.54, 1.807) is 19.1 Å². The standard InChI is InChI=1S/C34H38F4N6O2S/c1-5-6-24-8-7-21(2)19-29(24)44-22(3)17-18-47-33(44)43-32(45)42-23(4)30(35)25-9-11-26(12-10-25)31(39)41-20-40-27-13-15-28(16-14-27)46-34(36,37)38/h7-16,19-20,22-23,30H,5-6,17-18H2,1-4H3,(H,42,45)(H2,39,40,41)/b43-33-. The predicted molar refractivity (Wildman–Crippen MR) is 182 cm³/mol. The van der Waals surface area contributed by atoms with Crippen molar-refractivity contribution in [1.29, 1.82) is 5.41 Å². The molecule has 0 bridgehead atoms. The number of nitrogens with zero attached hydrogens (tertiary/aromatic N) is 3. The number of amidine groups is 2. The van der Waals surface area contributed by atoms with E-state index in [0.717, 1.165) is 48.4 Å². The summed E-state index contributed by atoms with van der Waals surface area (Å²) in [6.07, 6.45) is -2.24. The van der Waals surface area contributed by atoms with Crippen LogP contribution in [0.4, 0.5) is 33.7 Å². The molecule has 0 saturated carbocycles. The molecule has 3 aromatic carbocycles. The zero-order valence-corrected chi connectivity index (χ0v) is 27.4. The molecule has 1 saturated heterocycles. The summed E-state index contributed by atoms with van der Waals surface area (Å²) in [7, 11) is 0. The summed E-state index contributed by atoms with van der Waals surface area (Å²) in [5.41, 5.74) is 4.54. The van der Waals surface area contributed by atoms with Gasteiger partial charge in [-0.15, -0.1) is 13.2 Å². The van der Waals surface area contributed by atoms with Gasteiger partial charge in [0.2, 0.25) is 0 Å². The number of aryl methyl sites for hydroxylation is 2. The van der Waals surface area contributed by atoms with Crippen LogP contribution in [0.3, 0.4) is 0 Å². The number of carbonyl (C=O) groups excluding carboxylic acids is 1. The van der Waals surface area contributed by atoms with Gasteiger partial charge < -0.3 is 20.3 Å². The van der Waals surface area contributed by atoms with Gasteiger partial charge in [0.1, 0.15) is 11.9 Å². The fraction of sp³-hybridized carbons (Fsp3) is 0.353. The highest BCUT2D eigenvalue weighted by Gasteiger charge is 2.31. The van der Waals surface area contributed by atoms with Crippen molar-refractivity contribution in [2.75, 3.05) is 16.0 Å². The second-order valence-electron chi connectivity index (χ2n) is 11.2. The third kappa shape index (κ3) is 10.0. The normalized spacial score (nSPS) is 17.4. The molecule has 47 heavy (non-hydrogen) atoms. The summed E-state index contributed by atoms with van der Waals surface area (Å²) in [6, 6.07) is 16.2. The number of hydrogen-bond donors (Lipinski definition) is 3. The van der Waals surface area contributed by atoms with Crippen LogP contribution in [-0.4, -0.2) is 47.6 Å². The number of halogens is 4. The van der Waals surface area contributed by atoms with Crippen LogP contribution in [0.1, 0.15) is 62.0 Å². The van der Waals surface area contributed by atoms with Crippen LogP contribution in [0.15, 0.2) is 76.7 Å². The number of thioether (sulfide) groups is 1. The zero-order valence-electron chi connectivity index (χ0n) is 26.6. The number of nitrogens with one attached hydrogen (secondary N) is 3. The van der Waals surface area contributed by atoms with Gasteiger partial charge in [-0.1, -0.05) is 61.5 Å². The van der Waals surface area contributed by atoms with E-state index in [2.05, 4.69) is 62.3 Å². The quantitative estimate of drug-likeness (QED) is 0.114. The molecule has 3 atom stereocenters. The lowest BCUT2D eigenvalue weighted by molar-refractivity contribution is -0.274. The molecule has 3 N–H and O–H groups in total. The Kier molecular flexibility index (Phi) is 12.0. The third-order valence-electron chi connectivity index (χ3n) is 7.44. The van der Waals surface area contributed by atoms with Crippen molar-refractivity contribution in [1.82, 2.24) is 5.32 Å². The molecule has 4 rings (SSSR count). The van der Waals surface area contributed by atoms with Crippen LogP contribution in [-0.2, 0) is 6.42 Å². The van der Waals surface area contributed by atoms with Gasteiger partial charge in [0.25, 0.3) is 0 Å². The number of alkyl halides is 4. The number of aliphatic imine (C=N–C) groups is 2. The van der Waals surface area contributed by atoms with Gasteiger partial charge in [-0.25, -0.2) is 14.2 Å². The Labute approximate surface area is 276 Å². The Hall–Kier alpha value is -4.39. The number of urea groups is 1. The summed E-state index contributed by atoms with van der Waals surface area (Å²) in [4.78, 5) is 23.5. The van der Waals surface area contributed by atoms with Crippen molar-refractivity contribution in [3.05, 3.63) is 89.0 Å². The number of amides is 2. The molecule has 0 radical (unpaired) electrons. The van der Waals surface area contributed by atoms with E-state index in [0.29, 0.717) is 22.0 Å². The Bertz CT molecular complexity index is 1600. The first kappa shape index (κ1) is 35.5. The molecule has 3 aromatic rings. The Morgan fingerprint density at radius 2 is 1.85 bits per heavy atom. The number of carbonyl (C=O) groups is 1. The van der Waals surface area contributed by atoms with E-state index in [1.807, 2.05) is 6.92 Å². The lowest BCUT2D eigenvalue weighted by Crippen LogP contribution is -2.43. The molecule has 0 aromatic heterocycles. The number of rotatable bonds is 10. The molecule has 1 aliphatic heterocycles. The van der Waals surface area contributed by atoms with Crippen molar-refractivity contribution in [3.8, 4) is 5.75 Å². The Balaban J connectivity index is 1.36. The first-order valence-electron chi connectivity index (χ1n) is 15.2. The molecule has 250 valence electrons. The second kappa shape index (κ2) is 15.9. The maximum absolute atomic E-state index is 15.5. The van der Waals surface area contributed by atoms with E-state index < -0.39 is 24.6 Å². The van der Waals surface area contributed by atoms with Gasteiger partial charge in [-0.2, -0.15) is 4.99 Å². The lowest BCUT2D eigenvalue weighted by atomic mass is 10.0. The minimum atomic E-state index is -4.78. The maximum atomic E-state index is 15.5. The van der Waals surface area contributed by atoms with Crippen LogP contribution >= 0.6 is 11.8 Å². The predicted octanol–water partition coefficient (Wildman–Crippen LogP) is 8.81. The summed E-state index contributed by atoms with van der Waals surface area (Å²) in [5.74, 6) is 0.354. The average Bonchev–Trinajstić information content (AvgIpc) is 3.02. The van der Waals surface area contributed by atoms with E-state index in [-0.39, 0.29) is 17.6 Å². The molecule has 1 aliphatic rings. The first-order valence-corrected chi connectivity index (χ1v) is 16.2. The van der Waals surface area contributed by atoms with Crippen LogP contribution in [0.2, 0.25) is 0 Å². The first-order chi connectivity index (χ1) is 22.3. The van der Waals surface area contributed by atoms with Gasteiger partial charge in [0.15, 0.2) is 11.0 Å². The minimum Gasteiger partial charge on any atom is -0.406 e. The van der Waals surface area contributed by atoms with Crippen LogP contribution in [0.5, 0.6) is 5.75 Å². The fourth-order valence-electron chi connectivity index (χ4n) is 5.01. The van der Waals surface area contributed by atoms with Gasteiger partial charge in [-0.3, -0.25) is 5.41 Å². The molecule has 0 spiro atoms. The van der Waals surface area contributed by atoms with Gasteiger partial charge in [0, 0.05) is 28.7 Å². The van der Waals surface area contributed by atoms with E-state index in [1.165, 1.54) is 47.9 Å². The van der Waals surface area contributed by atoms with E-state index >= 15 is 4.39 Å². The number of benzene rings is 3. The highest BCUT2D eigenvalue weighted by molar-refractivity contribution is 8.14. The van der Waals surface area contributed by atoms with Crippen LogP contribution in [0, 0.1) is 12.3 Å². The Morgan fingerprint density at radius 3 is 2.51 bits per heavy atom. The zero-order chi connectivity index (χ0) is 34.1. The second-order valence-corrected chi connectivity index (χ2v) is 12.3. The maximum Gasteiger partial charge on any atom is 0.573 e. The molecular weight excluding hydrogens is 632 g/mol. The Morgan fingerprint density at radius 1 is 1.15 bits per heavy atom. The van der Waals surface area contributed by atoms with Gasteiger partial charge in [-0.05, 0) is 80.6 Å². The molecule has 2 amide bonds. The highest BCUT2D eigenvalue weighted by Crippen LogP contribution is 2.33. The molecule has 1 fully saturated rings. The van der Waals surface area contributed by atoms with Crippen LogP contribution < -0.4 is 20.3 Å². The highest BCUT2D eigenvalue weighted by atomic mass is 32.2. The third-order valence-corrected chi connectivity index (χ3v) is 8.42. The van der Waals surface area contributed by atoms with Crippen LogP contribution in [0.25, 0.3) is 0 Å². The van der Waals surface area contributed by atoms with Gasteiger partial charge >= 0.3 is 12.4 Å². The molecule has 8 nitrogen and oxygen atoms in total. The fourth-order valence-corrected chi connectivity index (χ4v) is 6.22. The van der Waals surface area contributed by atoms with Crippen molar-refractivity contribution >= 4 is 46.5 Å². The average molecular weight is 671 g/mol. The molecule has 0 aliphatic carbocycles. The largest absolute Gasteiger partial charge is 0.573 e. The topological polar surface area (TPSA) is 102 Å². The molecular formula is C34H38F4N6O2S. The smallest absolute Gasteiger partial charge is 0.406 e. The number of anilines is 2. The molecule has 1 heterocycles. The van der Waals surface area contributed by atoms with E-state index in [4.69, 9.17) is 5.41 Å².